The van der Waals surface area contributed by atoms with Gasteiger partial charge in [-0.25, -0.2) is 0 Å². The standard InChI is InChI=1S/C25H47NO4Si3/c1-25(2,26-18-11-10-12-19-26)24(27)22-14-16-23(17-15-22)28-20-13-21-33(9,29-31(3,4)5)30-32(6,7)8/h14-17H,10-13,18-21H2,1-9H3. The van der Waals surface area contributed by atoms with E-state index in [4.69, 9.17) is 13.0 Å². The van der Waals surface area contributed by atoms with Crippen LogP contribution in [0.1, 0.15) is 49.9 Å². The highest BCUT2D eigenvalue weighted by atomic mass is 28.5. The fourth-order valence-electron chi connectivity index (χ4n) is 4.65. The second-order valence-corrected chi connectivity index (χ2v) is 24.8. The molecule has 0 aliphatic carbocycles. The summed E-state index contributed by atoms with van der Waals surface area (Å²) < 4.78 is 19.2. The first-order valence-corrected chi connectivity index (χ1v) is 21.9. The summed E-state index contributed by atoms with van der Waals surface area (Å²) in [6, 6.07) is 8.60. The Morgan fingerprint density at radius 1 is 0.879 bits per heavy atom. The number of hydrogen-bond donors (Lipinski definition) is 0. The van der Waals surface area contributed by atoms with Gasteiger partial charge in [-0.05, 0) is 122 Å². The maximum absolute atomic E-state index is 13.2. The Bertz CT molecular complexity index is 747. The van der Waals surface area contributed by atoms with Crippen molar-refractivity contribution >= 4 is 31.0 Å². The Kier molecular flexibility index (Phi) is 9.75. The minimum Gasteiger partial charge on any atom is -0.494 e. The first-order chi connectivity index (χ1) is 15.1. The molecule has 1 aliphatic rings. The van der Waals surface area contributed by atoms with Gasteiger partial charge in [-0.3, -0.25) is 9.69 Å². The molecule has 0 saturated carbocycles. The van der Waals surface area contributed by atoms with Gasteiger partial charge in [0.05, 0.1) is 12.1 Å². The zero-order chi connectivity index (χ0) is 24.9. The van der Waals surface area contributed by atoms with E-state index < -0.39 is 30.7 Å². The molecule has 5 nitrogen and oxygen atoms in total. The van der Waals surface area contributed by atoms with Crippen LogP contribution >= 0.6 is 0 Å². The molecule has 0 unspecified atom stereocenters. The molecule has 1 heterocycles. The van der Waals surface area contributed by atoms with Gasteiger partial charge in [0.15, 0.2) is 22.4 Å². The van der Waals surface area contributed by atoms with Crippen molar-refractivity contribution in [3.8, 4) is 5.75 Å². The van der Waals surface area contributed by atoms with E-state index in [1.165, 1.54) is 19.3 Å². The Morgan fingerprint density at radius 2 is 1.39 bits per heavy atom. The van der Waals surface area contributed by atoms with Crippen LogP contribution in [0, 0.1) is 0 Å². The molecule has 0 aromatic heterocycles. The number of ether oxygens (including phenoxy) is 1. The summed E-state index contributed by atoms with van der Waals surface area (Å²) in [5.41, 5.74) is 0.287. The maximum Gasteiger partial charge on any atom is 0.314 e. The summed E-state index contributed by atoms with van der Waals surface area (Å²) in [5.74, 6) is 0.993. The molecule has 1 aromatic carbocycles. The molecule has 33 heavy (non-hydrogen) atoms. The Hall–Kier alpha value is -0.779. The highest BCUT2D eigenvalue weighted by Crippen LogP contribution is 2.27. The van der Waals surface area contributed by atoms with Gasteiger partial charge >= 0.3 is 8.56 Å². The third-order valence-corrected chi connectivity index (χ3v) is 15.5. The molecule has 188 valence electrons. The normalized spacial score (nSPS) is 16.6. The third kappa shape index (κ3) is 9.41. The SMILES string of the molecule is CC(C)(C(=O)c1ccc(OCCC[Si](C)(O[Si](C)(C)C)O[Si](C)(C)C)cc1)N1CCCCC1. The topological polar surface area (TPSA) is 48.0 Å². The second-order valence-electron chi connectivity index (χ2n) is 12.0. The van der Waals surface area contributed by atoms with Crippen LogP contribution in [-0.4, -0.2) is 61.1 Å². The second kappa shape index (κ2) is 11.3. The van der Waals surface area contributed by atoms with Gasteiger partial charge in [0.2, 0.25) is 0 Å². The predicted molar refractivity (Wildman–Crippen MR) is 146 cm³/mol. The summed E-state index contributed by atoms with van der Waals surface area (Å²) in [5, 5.41) is 0. The molecule has 0 radical (unpaired) electrons. The average Bonchev–Trinajstić information content (AvgIpc) is 2.69. The number of hydrogen-bond acceptors (Lipinski definition) is 5. The van der Waals surface area contributed by atoms with Gasteiger partial charge in [-0.1, -0.05) is 6.42 Å². The van der Waals surface area contributed by atoms with Gasteiger partial charge in [-0.15, -0.1) is 0 Å². The van der Waals surface area contributed by atoms with Crippen LogP contribution in [0.5, 0.6) is 5.75 Å². The fraction of sp³-hybridized carbons (Fsp3) is 0.720. The quantitative estimate of drug-likeness (QED) is 0.179. The average molecular weight is 510 g/mol. The Balaban J connectivity index is 1.91. The van der Waals surface area contributed by atoms with E-state index in [0.29, 0.717) is 6.61 Å². The number of piperidine rings is 1. The number of carbonyl (C=O) groups is 1. The first kappa shape index (κ1) is 28.5. The molecular formula is C25H47NO4Si3. The zero-order valence-electron chi connectivity index (χ0n) is 22.5. The molecule has 2 rings (SSSR count). The van der Waals surface area contributed by atoms with Crippen molar-refractivity contribution in [1.29, 1.82) is 0 Å². The molecule has 8 heteroatoms. The van der Waals surface area contributed by atoms with E-state index >= 15 is 0 Å². The Morgan fingerprint density at radius 3 is 1.88 bits per heavy atom. The van der Waals surface area contributed by atoms with E-state index in [1.54, 1.807) is 0 Å². The highest BCUT2D eigenvalue weighted by molar-refractivity contribution is 6.87. The lowest BCUT2D eigenvalue weighted by Crippen LogP contribution is -2.52. The predicted octanol–water partition coefficient (Wildman–Crippen LogP) is 6.68. The van der Waals surface area contributed by atoms with Crippen LogP contribution in [0.15, 0.2) is 24.3 Å². The summed E-state index contributed by atoms with van der Waals surface area (Å²) in [7, 11) is -5.58. The number of carbonyl (C=O) groups excluding carboxylic acids is 1. The van der Waals surface area contributed by atoms with E-state index in [0.717, 1.165) is 36.9 Å². The van der Waals surface area contributed by atoms with E-state index in [1.807, 2.05) is 24.3 Å². The van der Waals surface area contributed by atoms with Gasteiger partial charge < -0.3 is 13.0 Å². The fourth-order valence-corrected chi connectivity index (χ4v) is 17.2. The van der Waals surface area contributed by atoms with Crippen molar-refractivity contribution in [2.24, 2.45) is 0 Å². The first-order valence-electron chi connectivity index (χ1n) is 12.5. The van der Waals surface area contributed by atoms with E-state index in [-0.39, 0.29) is 5.78 Å². The summed E-state index contributed by atoms with van der Waals surface area (Å²) >= 11 is 0. The molecule has 0 bridgehead atoms. The smallest absolute Gasteiger partial charge is 0.314 e. The van der Waals surface area contributed by atoms with Crippen molar-refractivity contribution in [2.45, 2.75) is 96.9 Å². The lowest BCUT2D eigenvalue weighted by Gasteiger charge is -2.39. The number of ketones is 1. The van der Waals surface area contributed by atoms with Crippen molar-refractivity contribution in [2.75, 3.05) is 19.7 Å². The third-order valence-electron chi connectivity index (χ3n) is 5.91. The van der Waals surface area contributed by atoms with E-state index in [9.17, 15) is 4.79 Å². The number of nitrogens with zero attached hydrogens (tertiary/aromatic N) is 1. The van der Waals surface area contributed by atoms with Crippen molar-refractivity contribution < 1.29 is 17.8 Å². The molecule has 0 spiro atoms. The van der Waals surface area contributed by atoms with Gasteiger partial charge in [0, 0.05) is 5.56 Å². The van der Waals surface area contributed by atoms with Crippen molar-refractivity contribution in [3.63, 3.8) is 0 Å². The summed E-state index contributed by atoms with van der Waals surface area (Å²) in [6.07, 6.45) is 4.53. The molecule has 0 N–H and O–H groups in total. The van der Waals surface area contributed by atoms with E-state index in [2.05, 4.69) is 64.6 Å². The van der Waals surface area contributed by atoms with Crippen molar-refractivity contribution in [3.05, 3.63) is 29.8 Å². The number of rotatable bonds is 12. The maximum atomic E-state index is 13.2. The molecule has 1 aliphatic heterocycles. The summed E-state index contributed by atoms with van der Waals surface area (Å²) in [6.45, 7) is 22.4. The molecular weight excluding hydrogens is 463 g/mol. The zero-order valence-corrected chi connectivity index (χ0v) is 25.5. The Labute approximate surface area is 205 Å². The van der Waals surface area contributed by atoms with Crippen LogP contribution in [0.3, 0.4) is 0 Å². The van der Waals surface area contributed by atoms with Gasteiger partial charge in [0.25, 0.3) is 0 Å². The lowest BCUT2D eigenvalue weighted by molar-refractivity contribution is 0.0579. The summed E-state index contributed by atoms with van der Waals surface area (Å²) in [4.78, 5) is 15.5. The molecule has 1 fully saturated rings. The minimum atomic E-state index is -2.23. The van der Waals surface area contributed by atoms with Crippen LogP contribution < -0.4 is 4.74 Å². The molecule has 1 aromatic rings. The van der Waals surface area contributed by atoms with Gasteiger partial charge in [-0.2, -0.15) is 0 Å². The minimum absolute atomic E-state index is 0.185. The van der Waals surface area contributed by atoms with Crippen LogP contribution in [0.4, 0.5) is 0 Å². The molecule has 0 atom stereocenters. The number of Topliss-reactive ketones (excluding diaryl/α,β-unsaturated/α-hetero) is 1. The number of benzene rings is 1. The van der Waals surface area contributed by atoms with Crippen molar-refractivity contribution in [1.82, 2.24) is 4.90 Å². The van der Waals surface area contributed by atoms with Crippen LogP contribution in [-0.2, 0) is 8.23 Å². The molecule has 0 amide bonds. The highest BCUT2D eigenvalue weighted by Gasteiger charge is 2.40. The largest absolute Gasteiger partial charge is 0.494 e. The lowest BCUT2D eigenvalue weighted by atomic mass is 9.89. The monoisotopic (exact) mass is 509 g/mol. The molecule has 1 saturated heterocycles. The van der Waals surface area contributed by atoms with Crippen LogP contribution in [0.2, 0.25) is 51.9 Å². The van der Waals surface area contributed by atoms with Gasteiger partial charge in [0.1, 0.15) is 5.75 Å². The number of likely N-dealkylation sites (tertiary alicyclic amines) is 1. The van der Waals surface area contributed by atoms with Crippen LogP contribution in [0.25, 0.3) is 0 Å².